The lowest BCUT2D eigenvalue weighted by Gasteiger charge is -2.07. The van der Waals surface area contributed by atoms with Crippen LogP contribution in [0.2, 0.25) is 0 Å². The van der Waals surface area contributed by atoms with Gasteiger partial charge in [0.1, 0.15) is 0 Å². The van der Waals surface area contributed by atoms with E-state index in [-0.39, 0.29) is 24.1 Å². The van der Waals surface area contributed by atoms with Gasteiger partial charge in [0.05, 0.1) is 12.2 Å². The maximum absolute atomic E-state index is 11.3. The summed E-state index contributed by atoms with van der Waals surface area (Å²) in [7, 11) is 0. The van der Waals surface area contributed by atoms with Crippen molar-refractivity contribution in [2.45, 2.75) is 150 Å². The van der Waals surface area contributed by atoms with E-state index in [1.54, 1.807) is 6.92 Å². The van der Waals surface area contributed by atoms with Crippen molar-refractivity contribution in [1.82, 2.24) is 0 Å². The fraction of sp³-hybridized carbons (Fsp3) is 0.920. The second kappa shape index (κ2) is 23.2. The largest absolute Gasteiger partial charge is 0.463 e. The summed E-state index contributed by atoms with van der Waals surface area (Å²) >= 11 is 0. The van der Waals surface area contributed by atoms with Crippen molar-refractivity contribution in [3.63, 3.8) is 0 Å². The SMILES string of the molecule is CCC(=O)OC(C)C.CCCCCCCCCCCCCCCC(=O)OC(C)C. The number of unbranched alkanes of at least 4 members (excludes halogenated alkanes) is 12. The van der Waals surface area contributed by atoms with Crippen molar-refractivity contribution in [2.24, 2.45) is 0 Å². The first-order valence-electron chi connectivity index (χ1n) is 12.2. The Morgan fingerprint density at radius 1 is 0.552 bits per heavy atom. The predicted molar refractivity (Wildman–Crippen MR) is 123 cm³/mol. The maximum atomic E-state index is 11.3. The van der Waals surface area contributed by atoms with Gasteiger partial charge in [0.25, 0.3) is 0 Å². The molecule has 0 bridgehead atoms. The molecule has 0 saturated heterocycles. The van der Waals surface area contributed by atoms with Gasteiger partial charge in [0.2, 0.25) is 0 Å². The number of rotatable bonds is 17. The molecule has 0 radical (unpaired) electrons. The van der Waals surface area contributed by atoms with Gasteiger partial charge >= 0.3 is 11.9 Å². The van der Waals surface area contributed by atoms with Crippen molar-refractivity contribution in [3.05, 3.63) is 0 Å². The van der Waals surface area contributed by atoms with Crippen molar-refractivity contribution in [2.75, 3.05) is 0 Å². The highest BCUT2D eigenvalue weighted by Crippen LogP contribution is 2.13. The van der Waals surface area contributed by atoms with Gasteiger partial charge < -0.3 is 9.47 Å². The molecule has 0 aliphatic rings. The Bertz CT molecular complexity index is 364. The Morgan fingerprint density at radius 2 is 0.897 bits per heavy atom. The zero-order valence-electron chi connectivity index (χ0n) is 20.4. The summed E-state index contributed by atoms with van der Waals surface area (Å²) in [5.41, 5.74) is 0. The number of carbonyl (C=O) groups excluding carboxylic acids is 2. The van der Waals surface area contributed by atoms with E-state index in [0.29, 0.717) is 12.8 Å². The molecule has 0 aromatic rings. The van der Waals surface area contributed by atoms with E-state index in [2.05, 4.69) is 6.92 Å². The van der Waals surface area contributed by atoms with Crippen molar-refractivity contribution in [1.29, 1.82) is 0 Å². The van der Waals surface area contributed by atoms with Crippen LogP contribution in [0, 0.1) is 0 Å². The quantitative estimate of drug-likeness (QED) is 0.180. The van der Waals surface area contributed by atoms with Crippen LogP contribution in [0.4, 0.5) is 0 Å². The molecule has 0 aromatic carbocycles. The number of esters is 2. The Kier molecular flexibility index (Phi) is 24.1. The molecular weight excluding hydrogens is 364 g/mol. The normalized spacial score (nSPS) is 10.6. The number of carbonyl (C=O) groups is 2. The van der Waals surface area contributed by atoms with Gasteiger partial charge in [-0.05, 0) is 34.1 Å². The number of ether oxygens (including phenoxy) is 2. The van der Waals surface area contributed by atoms with Crippen LogP contribution in [0.1, 0.15) is 138 Å². The van der Waals surface area contributed by atoms with Crippen molar-refractivity contribution < 1.29 is 19.1 Å². The second-order valence-corrected chi connectivity index (χ2v) is 8.42. The van der Waals surface area contributed by atoms with Crippen LogP contribution < -0.4 is 0 Å². The first-order valence-corrected chi connectivity index (χ1v) is 12.2. The summed E-state index contributed by atoms with van der Waals surface area (Å²) in [5, 5.41) is 0. The summed E-state index contributed by atoms with van der Waals surface area (Å²) < 4.78 is 9.88. The van der Waals surface area contributed by atoms with Crippen LogP contribution in [0.5, 0.6) is 0 Å². The maximum Gasteiger partial charge on any atom is 0.306 e. The van der Waals surface area contributed by atoms with Gasteiger partial charge in [-0.1, -0.05) is 90.9 Å². The Hall–Kier alpha value is -1.06. The zero-order chi connectivity index (χ0) is 22.3. The van der Waals surface area contributed by atoms with Gasteiger partial charge in [-0.2, -0.15) is 0 Å². The minimum Gasteiger partial charge on any atom is -0.463 e. The summed E-state index contributed by atoms with van der Waals surface area (Å²) in [6.07, 6.45) is 18.5. The molecule has 0 atom stereocenters. The summed E-state index contributed by atoms with van der Waals surface area (Å²) in [5.74, 6) is -0.159. The lowest BCUT2D eigenvalue weighted by atomic mass is 10.0. The number of hydrogen-bond acceptors (Lipinski definition) is 4. The molecule has 0 heterocycles. The van der Waals surface area contributed by atoms with Crippen molar-refractivity contribution in [3.8, 4) is 0 Å². The van der Waals surface area contributed by atoms with Crippen LogP contribution in [0.25, 0.3) is 0 Å². The minimum atomic E-state index is -0.125. The lowest BCUT2D eigenvalue weighted by Crippen LogP contribution is -2.10. The second-order valence-electron chi connectivity index (χ2n) is 8.42. The van der Waals surface area contributed by atoms with Crippen LogP contribution >= 0.6 is 0 Å². The topological polar surface area (TPSA) is 52.6 Å². The Labute approximate surface area is 181 Å². The van der Waals surface area contributed by atoms with Gasteiger partial charge in [0, 0.05) is 12.8 Å². The molecule has 0 spiro atoms. The molecule has 0 rings (SSSR count). The van der Waals surface area contributed by atoms with E-state index >= 15 is 0 Å². The van der Waals surface area contributed by atoms with E-state index in [1.807, 2.05) is 27.7 Å². The third kappa shape index (κ3) is 29.2. The molecule has 0 unspecified atom stereocenters. The molecule has 4 nitrogen and oxygen atoms in total. The van der Waals surface area contributed by atoms with Crippen LogP contribution in [-0.2, 0) is 19.1 Å². The molecule has 0 N–H and O–H groups in total. The fourth-order valence-electron chi connectivity index (χ4n) is 2.96. The van der Waals surface area contributed by atoms with Gasteiger partial charge in [0.15, 0.2) is 0 Å². The average molecular weight is 415 g/mol. The van der Waals surface area contributed by atoms with E-state index in [9.17, 15) is 9.59 Å². The number of hydrogen-bond donors (Lipinski definition) is 0. The van der Waals surface area contributed by atoms with E-state index in [0.717, 1.165) is 6.42 Å². The highest BCUT2D eigenvalue weighted by molar-refractivity contribution is 5.69. The Balaban J connectivity index is 0. The molecule has 0 amide bonds. The van der Waals surface area contributed by atoms with Gasteiger partial charge in [-0.15, -0.1) is 0 Å². The summed E-state index contributed by atoms with van der Waals surface area (Å²) in [6, 6.07) is 0. The monoisotopic (exact) mass is 414 g/mol. The van der Waals surface area contributed by atoms with E-state index < -0.39 is 0 Å². The van der Waals surface area contributed by atoms with Gasteiger partial charge in [-0.3, -0.25) is 9.59 Å². The van der Waals surface area contributed by atoms with Crippen molar-refractivity contribution >= 4 is 11.9 Å². The standard InChI is InChI=1S/C19H38O2.C6H12O2/c1-4-5-6-7-8-9-10-11-12-13-14-15-16-17-19(20)21-18(2)3;1-4-6(7)8-5(2)3/h18H,4-17H2,1-3H3;5H,4H2,1-3H3. The molecule has 29 heavy (non-hydrogen) atoms. The Morgan fingerprint density at radius 3 is 1.21 bits per heavy atom. The smallest absolute Gasteiger partial charge is 0.306 e. The first-order chi connectivity index (χ1) is 13.8. The molecule has 0 aliphatic carbocycles. The molecule has 0 fully saturated rings. The molecule has 0 saturated carbocycles. The zero-order valence-corrected chi connectivity index (χ0v) is 20.4. The van der Waals surface area contributed by atoms with Crippen LogP contribution in [0.3, 0.4) is 0 Å². The van der Waals surface area contributed by atoms with E-state index in [4.69, 9.17) is 9.47 Å². The lowest BCUT2D eigenvalue weighted by molar-refractivity contribution is -0.148. The average Bonchev–Trinajstić information content (AvgIpc) is 2.64. The summed E-state index contributed by atoms with van der Waals surface area (Å²) in [4.78, 5) is 21.7. The third-order valence-corrected chi connectivity index (χ3v) is 4.51. The predicted octanol–water partition coefficient (Wildman–Crippen LogP) is 7.77. The van der Waals surface area contributed by atoms with Crippen LogP contribution in [-0.4, -0.2) is 24.1 Å². The highest BCUT2D eigenvalue weighted by atomic mass is 16.5. The summed E-state index contributed by atoms with van der Waals surface area (Å²) in [6.45, 7) is 11.5. The molecule has 4 heteroatoms. The first kappa shape index (κ1) is 30.1. The highest BCUT2D eigenvalue weighted by Gasteiger charge is 2.04. The molecule has 0 aliphatic heterocycles. The van der Waals surface area contributed by atoms with Crippen LogP contribution in [0.15, 0.2) is 0 Å². The minimum absolute atomic E-state index is 0.0273. The fourth-order valence-corrected chi connectivity index (χ4v) is 2.96. The van der Waals surface area contributed by atoms with Gasteiger partial charge in [-0.25, -0.2) is 0 Å². The molecule has 174 valence electrons. The van der Waals surface area contributed by atoms with E-state index in [1.165, 1.54) is 77.0 Å². The molecule has 0 aromatic heterocycles. The third-order valence-electron chi connectivity index (χ3n) is 4.51. The molecular formula is C25H50O4.